The quantitative estimate of drug-likeness (QED) is 0.507. The van der Waals surface area contributed by atoms with Crippen molar-refractivity contribution in [3.63, 3.8) is 0 Å². The van der Waals surface area contributed by atoms with E-state index in [4.69, 9.17) is 5.73 Å². The Morgan fingerprint density at radius 1 is 1.23 bits per heavy atom. The SMILES string of the molecule is Nc1c(Br)cc(C2=CN(C3CCNCC3)C(C=O)N2)cc1Br. The number of carbonyl (C=O) groups excluding carboxylic acids is 1. The topological polar surface area (TPSA) is 70.4 Å². The molecule has 1 atom stereocenters. The van der Waals surface area contributed by atoms with Gasteiger partial charge in [-0.2, -0.15) is 0 Å². The highest BCUT2D eigenvalue weighted by Crippen LogP contribution is 2.33. The number of hydrogen-bond acceptors (Lipinski definition) is 5. The molecule has 0 amide bonds. The van der Waals surface area contributed by atoms with Crippen LogP contribution in [0, 0.1) is 0 Å². The minimum Gasteiger partial charge on any atom is -0.397 e. The largest absolute Gasteiger partial charge is 0.397 e. The number of nitrogens with zero attached hydrogens (tertiary/aromatic N) is 1. The fourth-order valence-corrected chi connectivity index (χ4v) is 4.13. The molecular weight excluding hydrogens is 412 g/mol. The molecule has 1 unspecified atom stereocenters. The normalized spacial score (nSPS) is 22.4. The van der Waals surface area contributed by atoms with E-state index < -0.39 is 0 Å². The molecule has 1 aromatic carbocycles. The lowest BCUT2D eigenvalue weighted by atomic mass is 10.1. The summed E-state index contributed by atoms with van der Waals surface area (Å²) in [6.45, 7) is 1.99. The van der Waals surface area contributed by atoms with Gasteiger partial charge in [0.2, 0.25) is 0 Å². The van der Waals surface area contributed by atoms with Gasteiger partial charge in [-0.1, -0.05) is 0 Å². The number of carbonyl (C=O) groups is 1. The minimum atomic E-state index is -0.298. The molecule has 3 rings (SSSR count). The van der Waals surface area contributed by atoms with Crippen LogP contribution in [0.5, 0.6) is 0 Å². The van der Waals surface area contributed by atoms with Crippen molar-refractivity contribution in [2.24, 2.45) is 0 Å². The predicted octanol–water partition coefficient (Wildman–Crippen LogP) is 2.27. The van der Waals surface area contributed by atoms with Crippen LogP contribution in [-0.4, -0.2) is 36.5 Å². The van der Waals surface area contributed by atoms with E-state index in [2.05, 4.69) is 53.6 Å². The second-order valence-corrected chi connectivity index (χ2v) is 7.26. The molecule has 0 bridgehead atoms. The minimum absolute atomic E-state index is 0.298. The highest BCUT2D eigenvalue weighted by molar-refractivity contribution is 9.11. The molecular formula is C15H18Br2N4O. The van der Waals surface area contributed by atoms with Gasteiger partial charge in [0.15, 0.2) is 12.5 Å². The molecule has 1 aromatic rings. The summed E-state index contributed by atoms with van der Waals surface area (Å²) < 4.78 is 1.67. The van der Waals surface area contributed by atoms with E-state index in [1.807, 2.05) is 12.1 Å². The summed E-state index contributed by atoms with van der Waals surface area (Å²) in [7, 11) is 0. The zero-order valence-electron chi connectivity index (χ0n) is 12.0. The lowest BCUT2D eigenvalue weighted by molar-refractivity contribution is -0.112. The van der Waals surface area contributed by atoms with Crippen molar-refractivity contribution >= 4 is 49.5 Å². The van der Waals surface area contributed by atoms with Crippen LogP contribution in [0.1, 0.15) is 18.4 Å². The van der Waals surface area contributed by atoms with Gasteiger partial charge in [-0.3, -0.25) is 4.79 Å². The Balaban J connectivity index is 1.89. The fraction of sp³-hybridized carbons (Fsp3) is 0.400. The van der Waals surface area contributed by atoms with Crippen LogP contribution in [0.4, 0.5) is 5.69 Å². The first kappa shape index (κ1) is 15.8. The third-order valence-corrected chi connectivity index (χ3v) is 5.46. The van der Waals surface area contributed by atoms with E-state index in [0.717, 1.165) is 52.4 Å². The summed E-state index contributed by atoms with van der Waals surface area (Å²) in [5, 5.41) is 6.65. The smallest absolute Gasteiger partial charge is 0.162 e. The van der Waals surface area contributed by atoms with Gasteiger partial charge in [0, 0.05) is 26.8 Å². The molecule has 2 aliphatic rings. The molecule has 7 heteroatoms. The molecule has 22 heavy (non-hydrogen) atoms. The number of benzene rings is 1. The second kappa shape index (κ2) is 6.60. The van der Waals surface area contributed by atoms with Crippen molar-refractivity contribution in [2.45, 2.75) is 25.0 Å². The van der Waals surface area contributed by atoms with Gasteiger partial charge < -0.3 is 21.3 Å². The average Bonchev–Trinajstić information content (AvgIpc) is 2.97. The zero-order valence-corrected chi connectivity index (χ0v) is 15.2. The molecule has 4 N–H and O–H groups in total. The molecule has 0 spiro atoms. The second-order valence-electron chi connectivity index (χ2n) is 5.55. The van der Waals surface area contributed by atoms with Crippen molar-refractivity contribution in [1.29, 1.82) is 0 Å². The van der Waals surface area contributed by atoms with Crippen molar-refractivity contribution < 1.29 is 4.79 Å². The Labute approximate surface area is 146 Å². The highest BCUT2D eigenvalue weighted by atomic mass is 79.9. The number of piperidine rings is 1. The monoisotopic (exact) mass is 428 g/mol. The number of aldehydes is 1. The summed E-state index contributed by atoms with van der Waals surface area (Å²) in [5.74, 6) is 0. The molecule has 0 saturated carbocycles. The number of hydrogen-bond donors (Lipinski definition) is 3. The Hall–Kier alpha value is -1.05. The van der Waals surface area contributed by atoms with Gasteiger partial charge in [-0.25, -0.2) is 0 Å². The lowest BCUT2D eigenvalue weighted by Crippen LogP contribution is -2.47. The molecule has 2 heterocycles. The standard InChI is InChI=1S/C15H18Br2N4O/c16-11-5-9(6-12(17)15(11)18)13-7-21(14(8-22)20-13)10-1-3-19-4-2-10/h5-8,10,14,19-20H,1-4,18H2. The lowest BCUT2D eigenvalue weighted by Gasteiger charge is -2.33. The first-order chi connectivity index (χ1) is 10.6. The van der Waals surface area contributed by atoms with E-state index in [0.29, 0.717) is 11.7 Å². The number of nitrogens with two attached hydrogens (primary N) is 1. The maximum atomic E-state index is 11.4. The first-order valence-electron chi connectivity index (χ1n) is 7.27. The molecule has 5 nitrogen and oxygen atoms in total. The van der Waals surface area contributed by atoms with Crippen molar-refractivity contribution in [2.75, 3.05) is 18.8 Å². The third kappa shape index (κ3) is 3.02. The summed E-state index contributed by atoms with van der Waals surface area (Å²) in [5.41, 5.74) is 8.55. The van der Waals surface area contributed by atoms with Crippen molar-refractivity contribution in [3.8, 4) is 0 Å². The fourth-order valence-electron chi connectivity index (χ4n) is 2.94. The van der Waals surface area contributed by atoms with Gasteiger partial charge in [-0.15, -0.1) is 0 Å². The Morgan fingerprint density at radius 3 is 2.45 bits per heavy atom. The van der Waals surface area contributed by atoms with Crippen LogP contribution >= 0.6 is 31.9 Å². The van der Waals surface area contributed by atoms with E-state index in [9.17, 15) is 4.79 Å². The van der Waals surface area contributed by atoms with E-state index in [1.165, 1.54) is 0 Å². The molecule has 2 aliphatic heterocycles. The zero-order chi connectivity index (χ0) is 15.7. The molecule has 1 fully saturated rings. The first-order valence-corrected chi connectivity index (χ1v) is 8.85. The van der Waals surface area contributed by atoms with Crippen LogP contribution in [0.3, 0.4) is 0 Å². The molecule has 1 saturated heterocycles. The van der Waals surface area contributed by atoms with Gasteiger partial charge in [0.05, 0.1) is 11.4 Å². The number of anilines is 1. The number of halogens is 2. The summed E-state index contributed by atoms with van der Waals surface area (Å²) in [6.07, 6.45) is 4.82. The van der Waals surface area contributed by atoms with E-state index in [1.54, 1.807) is 0 Å². The van der Waals surface area contributed by atoms with Gasteiger partial charge in [0.25, 0.3) is 0 Å². The van der Waals surface area contributed by atoms with E-state index in [-0.39, 0.29) is 6.17 Å². The van der Waals surface area contributed by atoms with Crippen LogP contribution in [0.2, 0.25) is 0 Å². The molecule has 0 radical (unpaired) electrons. The highest BCUT2D eigenvalue weighted by Gasteiger charge is 2.30. The number of nitrogen functional groups attached to an aromatic ring is 1. The van der Waals surface area contributed by atoms with Crippen molar-refractivity contribution in [3.05, 3.63) is 32.8 Å². The average molecular weight is 430 g/mol. The summed E-state index contributed by atoms with van der Waals surface area (Å²) >= 11 is 6.93. The van der Waals surface area contributed by atoms with Crippen molar-refractivity contribution in [1.82, 2.24) is 15.5 Å². The number of nitrogens with one attached hydrogen (secondary N) is 2. The predicted molar refractivity (Wildman–Crippen MR) is 94.9 cm³/mol. The maximum absolute atomic E-state index is 11.4. The Kier molecular flexibility index (Phi) is 4.75. The Bertz CT molecular complexity index is 591. The number of rotatable bonds is 3. The molecule has 118 valence electrons. The summed E-state index contributed by atoms with van der Waals surface area (Å²) in [4.78, 5) is 13.6. The van der Waals surface area contributed by atoms with Gasteiger partial charge in [0.1, 0.15) is 0 Å². The maximum Gasteiger partial charge on any atom is 0.162 e. The third-order valence-electron chi connectivity index (χ3n) is 4.15. The van der Waals surface area contributed by atoms with Crippen LogP contribution in [-0.2, 0) is 4.79 Å². The van der Waals surface area contributed by atoms with Gasteiger partial charge in [-0.05, 0) is 69.9 Å². The van der Waals surface area contributed by atoms with Crippen LogP contribution < -0.4 is 16.4 Å². The van der Waals surface area contributed by atoms with Gasteiger partial charge >= 0.3 is 0 Å². The van der Waals surface area contributed by atoms with Crippen LogP contribution in [0.15, 0.2) is 27.3 Å². The summed E-state index contributed by atoms with van der Waals surface area (Å²) in [6, 6.07) is 4.32. The molecule has 0 aromatic heterocycles. The Morgan fingerprint density at radius 2 is 1.86 bits per heavy atom. The molecule has 0 aliphatic carbocycles. The van der Waals surface area contributed by atoms with E-state index >= 15 is 0 Å². The van der Waals surface area contributed by atoms with Crippen LogP contribution in [0.25, 0.3) is 5.70 Å².